The first kappa shape index (κ1) is 6.66. The van der Waals surface area contributed by atoms with Crippen LogP contribution in [0.3, 0.4) is 0 Å². The minimum Gasteiger partial charge on any atom is -0.394 e. The highest BCUT2D eigenvalue weighted by molar-refractivity contribution is 4.82. The average Bonchev–Trinajstić information content (AvgIpc) is 1.72. The van der Waals surface area contributed by atoms with Crippen LogP contribution < -0.4 is 5.32 Å². The van der Waals surface area contributed by atoms with Crippen LogP contribution in [0.5, 0.6) is 0 Å². The van der Waals surface area contributed by atoms with E-state index in [1.807, 2.05) is 0 Å². The molecule has 0 aliphatic carbocycles. The molecule has 0 bridgehead atoms. The van der Waals surface area contributed by atoms with E-state index in [9.17, 15) is 0 Å². The van der Waals surface area contributed by atoms with Gasteiger partial charge in [-0.3, -0.25) is 0 Å². The number of likely N-dealkylation sites (N-methyl/N-ethyl adjacent to an activating group) is 1. The second-order valence-corrected chi connectivity index (χ2v) is 1.31. The summed E-state index contributed by atoms with van der Waals surface area (Å²) in [5.74, 6) is 0. The fourth-order valence-corrected chi connectivity index (χ4v) is 0.284. The highest BCUT2D eigenvalue weighted by Gasteiger charge is 1.92. The second-order valence-electron chi connectivity index (χ2n) is 1.31. The maximum absolute atomic E-state index is 8.39. The van der Waals surface area contributed by atoms with Crippen molar-refractivity contribution < 1.29 is 5.11 Å². The van der Waals surface area contributed by atoms with Crippen LogP contribution >= 0.6 is 0 Å². The van der Waals surface area contributed by atoms with Gasteiger partial charge < -0.3 is 10.4 Å². The monoisotopic (exact) mass is 101 g/mol. The van der Waals surface area contributed by atoms with Crippen molar-refractivity contribution in [3.05, 3.63) is 12.7 Å². The molecule has 0 unspecified atom stereocenters. The molecule has 2 nitrogen and oxygen atoms in total. The van der Waals surface area contributed by atoms with Gasteiger partial charge in [-0.2, -0.15) is 0 Å². The Morgan fingerprint density at radius 3 is 2.57 bits per heavy atom. The molecule has 0 amide bonds. The van der Waals surface area contributed by atoms with E-state index < -0.39 is 0 Å². The Morgan fingerprint density at radius 2 is 2.57 bits per heavy atom. The quantitative estimate of drug-likeness (QED) is 0.480. The van der Waals surface area contributed by atoms with Crippen molar-refractivity contribution in [3.63, 3.8) is 0 Å². The number of aliphatic hydroxyl groups excluding tert-OH is 1. The summed E-state index contributed by atoms with van der Waals surface area (Å²) in [6, 6.07) is 0.0556. The Labute approximate surface area is 43.9 Å². The van der Waals surface area contributed by atoms with Gasteiger partial charge in [0, 0.05) is 6.04 Å². The third-order valence-corrected chi connectivity index (χ3v) is 0.852. The molecule has 0 spiro atoms. The highest BCUT2D eigenvalue weighted by atomic mass is 16.3. The predicted molar refractivity (Wildman–Crippen MR) is 30.1 cm³/mol. The molecule has 0 fully saturated rings. The molecule has 0 aromatic carbocycles. The molecule has 0 saturated heterocycles. The number of hydrogen-bond donors (Lipinski definition) is 2. The van der Waals surface area contributed by atoms with Crippen molar-refractivity contribution in [3.8, 4) is 0 Å². The lowest BCUT2D eigenvalue weighted by Gasteiger charge is -2.03. The van der Waals surface area contributed by atoms with Gasteiger partial charge in [-0.15, -0.1) is 6.58 Å². The van der Waals surface area contributed by atoms with E-state index in [-0.39, 0.29) is 12.6 Å². The van der Waals surface area contributed by atoms with Gasteiger partial charge in [-0.25, -0.2) is 0 Å². The molecule has 0 rings (SSSR count). The summed E-state index contributed by atoms with van der Waals surface area (Å²) < 4.78 is 0. The lowest BCUT2D eigenvalue weighted by atomic mass is 10.3. The molecule has 2 N–H and O–H groups in total. The number of rotatable bonds is 3. The smallest absolute Gasteiger partial charge is 0.0620 e. The number of aliphatic hydroxyl groups is 1. The molecule has 0 aliphatic heterocycles. The van der Waals surface area contributed by atoms with Crippen LogP contribution in [0.15, 0.2) is 12.7 Å². The first-order chi connectivity index (χ1) is 3.35. The van der Waals surface area contributed by atoms with Gasteiger partial charge in [-0.1, -0.05) is 6.08 Å². The second kappa shape index (κ2) is 3.84. The Balaban J connectivity index is 3.16. The van der Waals surface area contributed by atoms with Crippen LogP contribution in [-0.2, 0) is 0 Å². The Bertz CT molecular complexity index is 50.0. The molecule has 0 aromatic heterocycles. The Morgan fingerprint density at radius 1 is 2.00 bits per heavy atom. The van der Waals surface area contributed by atoms with Crippen molar-refractivity contribution in [1.29, 1.82) is 0 Å². The van der Waals surface area contributed by atoms with E-state index in [0.717, 1.165) is 0 Å². The van der Waals surface area contributed by atoms with E-state index >= 15 is 0 Å². The molecule has 0 saturated carbocycles. The standard InChI is InChI=1S/C5H11NO/c1-3-5(4-7)6-2/h3,5-7H,1,4H2,2H3/t5-/m0/s1. The minimum atomic E-state index is 0.0556. The van der Waals surface area contributed by atoms with Crippen LogP contribution in [0.4, 0.5) is 0 Å². The molecule has 0 radical (unpaired) electrons. The zero-order chi connectivity index (χ0) is 5.70. The maximum Gasteiger partial charge on any atom is 0.0620 e. The lowest BCUT2D eigenvalue weighted by molar-refractivity contribution is 0.270. The average molecular weight is 101 g/mol. The third-order valence-electron chi connectivity index (χ3n) is 0.852. The molecule has 2 heteroatoms. The first-order valence-corrected chi connectivity index (χ1v) is 2.25. The normalized spacial score (nSPS) is 13.4. The molecule has 0 aliphatic rings. The van der Waals surface area contributed by atoms with Crippen LogP contribution in [0.2, 0.25) is 0 Å². The van der Waals surface area contributed by atoms with E-state index in [0.29, 0.717) is 0 Å². The molecule has 1 atom stereocenters. The summed E-state index contributed by atoms with van der Waals surface area (Å²) in [5, 5.41) is 11.2. The lowest BCUT2D eigenvalue weighted by Crippen LogP contribution is -2.25. The molecule has 42 valence electrons. The molecule has 0 aromatic rings. The van der Waals surface area contributed by atoms with Crippen LogP contribution in [-0.4, -0.2) is 24.8 Å². The summed E-state index contributed by atoms with van der Waals surface area (Å²) in [7, 11) is 1.78. The Hall–Kier alpha value is -0.340. The maximum atomic E-state index is 8.39. The summed E-state index contributed by atoms with van der Waals surface area (Å²) in [6.07, 6.45) is 1.67. The van der Waals surface area contributed by atoms with Crippen molar-refractivity contribution in [2.45, 2.75) is 6.04 Å². The SMILES string of the molecule is C=C[C@@H](CO)NC. The molecule has 0 heterocycles. The summed E-state index contributed by atoms with van der Waals surface area (Å²) >= 11 is 0. The van der Waals surface area contributed by atoms with E-state index in [4.69, 9.17) is 5.11 Å². The van der Waals surface area contributed by atoms with Gasteiger partial charge >= 0.3 is 0 Å². The van der Waals surface area contributed by atoms with Crippen molar-refractivity contribution >= 4 is 0 Å². The van der Waals surface area contributed by atoms with Gasteiger partial charge in [-0.05, 0) is 7.05 Å². The Kier molecular flexibility index (Phi) is 3.65. The van der Waals surface area contributed by atoms with Crippen LogP contribution in [0.1, 0.15) is 0 Å². The highest BCUT2D eigenvalue weighted by Crippen LogP contribution is 1.76. The summed E-state index contributed by atoms with van der Waals surface area (Å²) in [5.41, 5.74) is 0. The van der Waals surface area contributed by atoms with Crippen LogP contribution in [0, 0.1) is 0 Å². The van der Waals surface area contributed by atoms with Crippen molar-refractivity contribution in [1.82, 2.24) is 5.32 Å². The predicted octanol–water partition coefficient (Wildman–Crippen LogP) is -0.247. The largest absolute Gasteiger partial charge is 0.394 e. The van der Waals surface area contributed by atoms with Crippen molar-refractivity contribution in [2.24, 2.45) is 0 Å². The zero-order valence-corrected chi connectivity index (χ0v) is 4.52. The summed E-state index contributed by atoms with van der Waals surface area (Å²) in [6.45, 7) is 3.61. The van der Waals surface area contributed by atoms with Crippen LogP contribution in [0.25, 0.3) is 0 Å². The minimum absolute atomic E-state index is 0.0556. The van der Waals surface area contributed by atoms with E-state index in [1.54, 1.807) is 13.1 Å². The fraction of sp³-hybridized carbons (Fsp3) is 0.600. The van der Waals surface area contributed by atoms with Gasteiger partial charge in [0.25, 0.3) is 0 Å². The van der Waals surface area contributed by atoms with Gasteiger partial charge in [0.2, 0.25) is 0 Å². The molecular formula is C5H11NO. The van der Waals surface area contributed by atoms with E-state index in [2.05, 4.69) is 11.9 Å². The topological polar surface area (TPSA) is 32.3 Å². The van der Waals surface area contributed by atoms with Gasteiger partial charge in [0.05, 0.1) is 6.61 Å². The van der Waals surface area contributed by atoms with Gasteiger partial charge in [0.1, 0.15) is 0 Å². The number of hydrogen-bond acceptors (Lipinski definition) is 2. The molecular weight excluding hydrogens is 90.1 g/mol. The molecule has 7 heavy (non-hydrogen) atoms. The fourth-order valence-electron chi connectivity index (χ4n) is 0.284. The first-order valence-electron chi connectivity index (χ1n) is 2.25. The van der Waals surface area contributed by atoms with Crippen molar-refractivity contribution in [2.75, 3.05) is 13.7 Å². The number of nitrogens with one attached hydrogen (secondary N) is 1. The summed E-state index contributed by atoms with van der Waals surface area (Å²) in [4.78, 5) is 0. The van der Waals surface area contributed by atoms with Gasteiger partial charge in [0.15, 0.2) is 0 Å². The van der Waals surface area contributed by atoms with E-state index in [1.165, 1.54) is 0 Å². The third kappa shape index (κ3) is 2.37. The zero-order valence-electron chi connectivity index (χ0n) is 4.52.